The number of carbonyl (C=O) groups is 1. The van der Waals surface area contributed by atoms with Gasteiger partial charge in [-0.1, -0.05) is 29.3 Å². The normalized spacial score (nSPS) is 16.1. The molecule has 0 amide bonds. The lowest BCUT2D eigenvalue weighted by Gasteiger charge is -2.22. The Morgan fingerprint density at radius 3 is 2.06 bits per heavy atom. The van der Waals surface area contributed by atoms with Crippen LogP contribution in [-0.2, 0) is 9.53 Å². The van der Waals surface area contributed by atoms with Crippen molar-refractivity contribution in [1.82, 2.24) is 0 Å². The molecule has 1 rings (SSSR count). The molecule has 2 N–H and O–H groups in total. The Morgan fingerprint density at radius 2 is 1.67 bits per heavy atom. The van der Waals surface area contributed by atoms with Gasteiger partial charge in [0.15, 0.2) is 6.10 Å². The van der Waals surface area contributed by atoms with Crippen LogP contribution in [0.4, 0.5) is 0 Å². The number of aryl methyl sites for hydroxylation is 2. The second kappa shape index (κ2) is 5.98. The van der Waals surface area contributed by atoms with Crippen molar-refractivity contribution in [3.63, 3.8) is 0 Å². The molecule has 4 heteroatoms. The van der Waals surface area contributed by atoms with E-state index in [4.69, 9.17) is 4.74 Å². The standard InChI is InChI=1S/C14H20O4/c1-8-5-9(2)7-12(6-8)13(14(16)17)18-11(4)10(3)15/h5-7,10-11,13,15H,1-4H3,(H,16,17). The monoisotopic (exact) mass is 252 g/mol. The van der Waals surface area contributed by atoms with E-state index in [9.17, 15) is 15.0 Å². The van der Waals surface area contributed by atoms with Crippen molar-refractivity contribution in [2.75, 3.05) is 0 Å². The van der Waals surface area contributed by atoms with Gasteiger partial charge in [0.2, 0.25) is 0 Å². The Hall–Kier alpha value is -1.39. The third-order valence-electron chi connectivity index (χ3n) is 2.80. The molecule has 0 heterocycles. The van der Waals surface area contributed by atoms with Crippen LogP contribution >= 0.6 is 0 Å². The van der Waals surface area contributed by atoms with Crippen LogP contribution in [0.5, 0.6) is 0 Å². The molecule has 0 spiro atoms. The number of aliphatic hydroxyl groups excluding tert-OH is 1. The van der Waals surface area contributed by atoms with E-state index in [-0.39, 0.29) is 0 Å². The topological polar surface area (TPSA) is 66.8 Å². The SMILES string of the molecule is Cc1cc(C)cc(C(OC(C)C(C)O)C(=O)O)c1. The largest absolute Gasteiger partial charge is 0.479 e. The number of benzene rings is 1. The molecule has 0 radical (unpaired) electrons. The lowest BCUT2D eigenvalue weighted by atomic mass is 10.0. The summed E-state index contributed by atoms with van der Waals surface area (Å²) in [6, 6.07) is 5.56. The summed E-state index contributed by atoms with van der Waals surface area (Å²) in [5.74, 6) is -1.05. The predicted molar refractivity (Wildman–Crippen MR) is 68.5 cm³/mol. The first-order chi connectivity index (χ1) is 8.31. The van der Waals surface area contributed by atoms with E-state index in [1.165, 1.54) is 0 Å². The van der Waals surface area contributed by atoms with Gasteiger partial charge < -0.3 is 14.9 Å². The summed E-state index contributed by atoms with van der Waals surface area (Å²) in [4.78, 5) is 11.3. The molecule has 0 aromatic heterocycles. The number of aliphatic hydroxyl groups is 1. The van der Waals surface area contributed by atoms with E-state index in [0.717, 1.165) is 11.1 Å². The van der Waals surface area contributed by atoms with Crippen molar-refractivity contribution < 1.29 is 19.7 Å². The van der Waals surface area contributed by atoms with Crippen LogP contribution in [0.2, 0.25) is 0 Å². The molecular weight excluding hydrogens is 232 g/mol. The number of ether oxygens (including phenoxy) is 1. The number of hydrogen-bond donors (Lipinski definition) is 2. The van der Waals surface area contributed by atoms with E-state index < -0.39 is 24.3 Å². The quantitative estimate of drug-likeness (QED) is 0.843. The van der Waals surface area contributed by atoms with Crippen molar-refractivity contribution in [3.05, 3.63) is 34.9 Å². The lowest BCUT2D eigenvalue weighted by molar-refractivity contribution is -0.158. The zero-order chi connectivity index (χ0) is 13.9. The number of hydrogen-bond acceptors (Lipinski definition) is 3. The maximum Gasteiger partial charge on any atom is 0.337 e. The molecule has 4 nitrogen and oxygen atoms in total. The number of rotatable bonds is 5. The van der Waals surface area contributed by atoms with Gasteiger partial charge in [-0.25, -0.2) is 4.79 Å². The minimum absolute atomic E-state index is 0.535. The molecule has 0 aliphatic rings. The summed E-state index contributed by atoms with van der Waals surface area (Å²) in [6.07, 6.45) is -2.29. The maximum atomic E-state index is 11.3. The van der Waals surface area contributed by atoms with Crippen molar-refractivity contribution in [3.8, 4) is 0 Å². The average molecular weight is 252 g/mol. The fraction of sp³-hybridized carbons (Fsp3) is 0.500. The summed E-state index contributed by atoms with van der Waals surface area (Å²) in [6.45, 7) is 7.05. The zero-order valence-electron chi connectivity index (χ0n) is 11.2. The smallest absolute Gasteiger partial charge is 0.337 e. The van der Waals surface area contributed by atoms with Crippen LogP contribution in [0.1, 0.15) is 36.6 Å². The third kappa shape index (κ3) is 3.82. The molecule has 100 valence electrons. The van der Waals surface area contributed by atoms with E-state index in [1.807, 2.05) is 19.9 Å². The first kappa shape index (κ1) is 14.7. The molecule has 3 unspecified atom stereocenters. The summed E-state index contributed by atoms with van der Waals surface area (Å²) in [5.41, 5.74) is 2.58. The molecule has 0 fully saturated rings. The lowest BCUT2D eigenvalue weighted by Crippen LogP contribution is -2.28. The molecule has 18 heavy (non-hydrogen) atoms. The highest BCUT2D eigenvalue weighted by atomic mass is 16.5. The van der Waals surface area contributed by atoms with Gasteiger partial charge in [-0.3, -0.25) is 0 Å². The van der Waals surface area contributed by atoms with Gasteiger partial charge in [0.25, 0.3) is 0 Å². The van der Waals surface area contributed by atoms with Crippen LogP contribution < -0.4 is 0 Å². The Bertz CT molecular complexity index is 406. The summed E-state index contributed by atoms with van der Waals surface area (Å²) >= 11 is 0. The van der Waals surface area contributed by atoms with Gasteiger partial charge >= 0.3 is 5.97 Å². The maximum absolute atomic E-state index is 11.3. The molecule has 3 atom stereocenters. The predicted octanol–water partition coefficient (Wildman–Crippen LogP) is 2.22. The minimum atomic E-state index is -1.05. The molecule has 0 saturated carbocycles. The van der Waals surface area contributed by atoms with Crippen LogP contribution in [0.3, 0.4) is 0 Å². The molecule has 0 saturated heterocycles. The Morgan fingerprint density at radius 1 is 1.17 bits per heavy atom. The fourth-order valence-electron chi connectivity index (χ4n) is 1.77. The van der Waals surface area contributed by atoms with Gasteiger partial charge in [-0.2, -0.15) is 0 Å². The van der Waals surface area contributed by atoms with Crippen molar-refractivity contribution in [2.45, 2.75) is 46.0 Å². The van der Waals surface area contributed by atoms with Crippen molar-refractivity contribution in [2.24, 2.45) is 0 Å². The van der Waals surface area contributed by atoms with Gasteiger partial charge in [-0.05, 0) is 33.3 Å². The Balaban J connectivity index is 3.01. The van der Waals surface area contributed by atoms with Crippen molar-refractivity contribution in [1.29, 1.82) is 0 Å². The Kier molecular flexibility index (Phi) is 4.87. The zero-order valence-corrected chi connectivity index (χ0v) is 11.2. The second-order valence-corrected chi connectivity index (χ2v) is 4.72. The second-order valence-electron chi connectivity index (χ2n) is 4.72. The van der Waals surface area contributed by atoms with E-state index in [0.29, 0.717) is 5.56 Å². The average Bonchev–Trinajstić information content (AvgIpc) is 2.23. The first-order valence-corrected chi connectivity index (χ1v) is 5.95. The fourth-order valence-corrected chi connectivity index (χ4v) is 1.77. The number of carboxylic acid groups (broad SMARTS) is 1. The molecule has 0 aliphatic heterocycles. The Labute approximate surface area is 107 Å². The van der Waals surface area contributed by atoms with Crippen LogP contribution in [0.25, 0.3) is 0 Å². The van der Waals surface area contributed by atoms with Gasteiger partial charge in [0.1, 0.15) is 0 Å². The van der Waals surface area contributed by atoms with E-state index >= 15 is 0 Å². The van der Waals surface area contributed by atoms with Crippen LogP contribution in [0.15, 0.2) is 18.2 Å². The first-order valence-electron chi connectivity index (χ1n) is 5.95. The number of aliphatic carboxylic acids is 1. The third-order valence-corrected chi connectivity index (χ3v) is 2.80. The summed E-state index contributed by atoms with van der Waals surface area (Å²) < 4.78 is 5.42. The van der Waals surface area contributed by atoms with E-state index in [2.05, 4.69) is 0 Å². The van der Waals surface area contributed by atoms with Gasteiger partial charge in [0.05, 0.1) is 12.2 Å². The van der Waals surface area contributed by atoms with Crippen LogP contribution in [-0.4, -0.2) is 28.4 Å². The highest BCUT2D eigenvalue weighted by molar-refractivity contribution is 5.74. The highest BCUT2D eigenvalue weighted by Crippen LogP contribution is 2.23. The summed E-state index contributed by atoms with van der Waals surface area (Å²) in [7, 11) is 0. The molecular formula is C14H20O4. The summed E-state index contributed by atoms with van der Waals surface area (Å²) in [5, 5.41) is 18.6. The van der Waals surface area contributed by atoms with Crippen molar-refractivity contribution >= 4 is 5.97 Å². The van der Waals surface area contributed by atoms with Gasteiger partial charge in [-0.15, -0.1) is 0 Å². The van der Waals surface area contributed by atoms with Gasteiger partial charge in [0, 0.05) is 0 Å². The minimum Gasteiger partial charge on any atom is -0.479 e. The molecule has 0 bridgehead atoms. The molecule has 0 aliphatic carbocycles. The van der Waals surface area contributed by atoms with E-state index in [1.54, 1.807) is 26.0 Å². The number of carboxylic acids is 1. The molecule has 1 aromatic carbocycles. The highest BCUT2D eigenvalue weighted by Gasteiger charge is 2.25. The molecule has 1 aromatic rings. The van der Waals surface area contributed by atoms with Crippen LogP contribution in [0, 0.1) is 13.8 Å².